The fourth-order valence-electron chi connectivity index (χ4n) is 4.26. The summed E-state index contributed by atoms with van der Waals surface area (Å²) in [5.41, 5.74) is 2.57. The van der Waals surface area contributed by atoms with Crippen LogP contribution < -0.4 is 4.90 Å². The Morgan fingerprint density at radius 1 is 1.16 bits per heavy atom. The van der Waals surface area contributed by atoms with Gasteiger partial charge < -0.3 is 9.80 Å². The lowest BCUT2D eigenvalue weighted by molar-refractivity contribution is -0.133. The Morgan fingerprint density at radius 2 is 1.84 bits per heavy atom. The highest BCUT2D eigenvalue weighted by atomic mass is 16.2. The van der Waals surface area contributed by atoms with Crippen LogP contribution in [0, 0.1) is 6.92 Å². The van der Waals surface area contributed by atoms with Crippen molar-refractivity contribution in [3.8, 4) is 0 Å². The number of piperazine rings is 1. The van der Waals surface area contributed by atoms with E-state index >= 15 is 0 Å². The molecular formula is C21H33N3O. The quantitative estimate of drug-likeness (QED) is 0.821. The van der Waals surface area contributed by atoms with Gasteiger partial charge in [0.05, 0.1) is 6.54 Å². The molecule has 4 heteroatoms. The van der Waals surface area contributed by atoms with E-state index < -0.39 is 0 Å². The van der Waals surface area contributed by atoms with Crippen LogP contribution >= 0.6 is 0 Å². The molecule has 0 spiro atoms. The highest BCUT2D eigenvalue weighted by Gasteiger charge is 2.29. The minimum Gasteiger partial charge on any atom is -0.368 e. The Balaban J connectivity index is 1.54. The summed E-state index contributed by atoms with van der Waals surface area (Å²) in [7, 11) is 0. The first-order valence-corrected chi connectivity index (χ1v) is 9.89. The van der Waals surface area contributed by atoms with Gasteiger partial charge in [-0.3, -0.25) is 9.69 Å². The van der Waals surface area contributed by atoms with Crippen molar-refractivity contribution in [1.82, 2.24) is 9.80 Å². The molecule has 0 radical (unpaired) electrons. The lowest BCUT2D eigenvalue weighted by Crippen LogP contribution is -2.53. The molecular weight excluding hydrogens is 310 g/mol. The Morgan fingerprint density at radius 3 is 2.44 bits per heavy atom. The van der Waals surface area contributed by atoms with Crippen molar-refractivity contribution in [2.75, 3.05) is 37.6 Å². The molecule has 0 atom stereocenters. The largest absolute Gasteiger partial charge is 0.368 e. The second-order valence-corrected chi connectivity index (χ2v) is 7.91. The molecule has 1 aliphatic heterocycles. The van der Waals surface area contributed by atoms with E-state index in [0.717, 1.165) is 26.2 Å². The fraction of sp³-hybridized carbons (Fsp3) is 0.667. The number of anilines is 1. The predicted molar refractivity (Wildman–Crippen MR) is 104 cm³/mol. The van der Waals surface area contributed by atoms with Gasteiger partial charge in [0.2, 0.25) is 5.91 Å². The number of rotatable bonds is 5. The molecule has 1 aromatic carbocycles. The van der Waals surface area contributed by atoms with Crippen LogP contribution in [0.2, 0.25) is 0 Å². The molecule has 25 heavy (non-hydrogen) atoms. The molecule has 4 nitrogen and oxygen atoms in total. The van der Waals surface area contributed by atoms with Crippen molar-refractivity contribution in [3.05, 3.63) is 29.8 Å². The third kappa shape index (κ3) is 4.55. The van der Waals surface area contributed by atoms with E-state index in [1.54, 1.807) is 0 Å². The minimum absolute atomic E-state index is 0.310. The van der Waals surface area contributed by atoms with Crippen LogP contribution in [-0.2, 0) is 4.79 Å². The van der Waals surface area contributed by atoms with Crippen LogP contribution in [0.25, 0.3) is 0 Å². The molecule has 1 saturated heterocycles. The average molecular weight is 344 g/mol. The molecule has 1 aromatic rings. The first kappa shape index (κ1) is 18.2. The summed E-state index contributed by atoms with van der Waals surface area (Å²) < 4.78 is 0. The normalized spacial score (nSPS) is 19.2. The first-order valence-electron chi connectivity index (χ1n) is 9.89. The van der Waals surface area contributed by atoms with Gasteiger partial charge in [-0.25, -0.2) is 0 Å². The topological polar surface area (TPSA) is 26.8 Å². The maximum absolute atomic E-state index is 12.8. The summed E-state index contributed by atoms with van der Waals surface area (Å²) in [6, 6.07) is 9.71. The van der Waals surface area contributed by atoms with Gasteiger partial charge in [-0.05, 0) is 51.3 Å². The van der Waals surface area contributed by atoms with Crippen molar-refractivity contribution in [2.24, 2.45) is 0 Å². The van der Waals surface area contributed by atoms with E-state index in [4.69, 9.17) is 0 Å². The molecule has 138 valence electrons. The van der Waals surface area contributed by atoms with E-state index in [1.807, 2.05) is 0 Å². The lowest BCUT2D eigenvalue weighted by Gasteiger charge is -2.38. The number of benzene rings is 1. The number of nitrogens with zero attached hydrogens (tertiary/aromatic N) is 3. The van der Waals surface area contributed by atoms with Crippen LogP contribution in [-0.4, -0.2) is 60.5 Å². The highest BCUT2D eigenvalue weighted by Crippen LogP contribution is 2.25. The molecule has 1 heterocycles. The summed E-state index contributed by atoms with van der Waals surface area (Å²) in [5.74, 6) is 0.310. The van der Waals surface area contributed by atoms with Gasteiger partial charge in [0.15, 0.2) is 0 Å². The number of carbonyl (C=O) groups is 1. The second kappa shape index (κ2) is 8.22. The van der Waals surface area contributed by atoms with Gasteiger partial charge >= 0.3 is 0 Å². The molecule has 2 aliphatic rings. The fourth-order valence-corrected chi connectivity index (χ4v) is 4.26. The number of hydrogen-bond donors (Lipinski definition) is 0. The van der Waals surface area contributed by atoms with E-state index in [1.165, 1.54) is 36.9 Å². The summed E-state index contributed by atoms with van der Waals surface area (Å²) in [6.45, 7) is 10.7. The zero-order chi connectivity index (χ0) is 17.8. The van der Waals surface area contributed by atoms with Crippen molar-refractivity contribution < 1.29 is 4.79 Å². The molecule has 0 aromatic heterocycles. The van der Waals surface area contributed by atoms with Crippen LogP contribution in [0.5, 0.6) is 0 Å². The molecule has 0 N–H and O–H groups in total. The van der Waals surface area contributed by atoms with Gasteiger partial charge in [-0.15, -0.1) is 0 Å². The molecule has 3 rings (SSSR count). The monoisotopic (exact) mass is 343 g/mol. The summed E-state index contributed by atoms with van der Waals surface area (Å²) in [4.78, 5) is 19.7. The van der Waals surface area contributed by atoms with Gasteiger partial charge in [0.1, 0.15) is 0 Å². The maximum atomic E-state index is 12.8. The highest BCUT2D eigenvalue weighted by molar-refractivity contribution is 5.78. The van der Waals surface area contributed by atoms with Crippen molar-refractivity contribution in [1.29, 1.82) is 0 Å². The van der Waals surface area contributed by atoms with Gasteiger partial charge in [0, 0.05) is 44.0 Å². The standard InChI is InChI=1S/C21H33N3O/c1-17(2)24(19-8-4-5-9-19)16-21(25)23-13-11-22(12-14-23)20-10-6-7-18(3)15-20/h6-7,10,15,17,19H,4-5,8-9,11-14,16H2,1-3H3. The van der Waals surface area contributed by atoms with Crippen molar-refractivity contribution >= 4 is 11.6 Å². The summed E-state index contributed by atoms with van der Waals surface area (Å²) in [5, 5.41) is 0. The Labute approximate surface area is 152 Å². The summed E-state index contributed by atoms with van der Waals surface area (Å²) >= 11 is 0. The maximum Gasteiger partial charge on any atom is 0.236 e. The molecule has 1 aliphatic carbocycles. The average Bonchev–Trinajstić information content (AvgIpc) is 3.13. The minimum atomic E-state index is 0.310. The number of aryl methyl sites for hydroxylation is 1. The SMILES string of the molecule is Cc1cccc(N2CCN(C(=O)CN(C(C)C)C3CCCC3)CC2)c1. The molecule has 2 fully saturated rings. The predicted octanol–water partition coefficient (Wildman–Crippen LogP) is 3.30. The first-order chi connectivity index (χ1) is 12.0. The number of hydrogen-bond acceptors (Lipinski definition) is 3. The van der Waals surface area contributed by atoms with Crippen LogP contribution in [0.3, 0.4) is 0 Å². The third-order valence-corrected chi connectivity index (χ3v) is 5.77. The smallest absolute Gasteiger partial charge is 0.236 e. The van der Waals surface area contributed by atoms with E-state index in [0.29, 0.717) is 24.5 Å². The third-order valence-electron chi connectivity index (χ3n) is 5.77. The van der Waals surface area contributed by atoms with Gasteiger partial charge in [0.25, 0.3) is 0 Å². The Hall–Kier alpha value is -1.55. The molecule has 1 saturated carbocycles. The summed E-state index contributed by atoms with van der Waals surface area (Å²) in [6.07, 6.45) is 5.15. The Bertz CT molecular complexity index is 572. The van der Waals surface area contributed by atoms with Crippen molar-refractivity contribution in [2.45, 2.75) is 58.5 Å². The number of amides is 1. The number of carbonyl (C=O) groups excluding carboxylic acids is 1. The zero-order valence-electron chi connectivity index (χ0n) is 16.1. The van der Waals surface area contributed by atoms with Crippen LogP contribution in [0.4, 0.5) is 5.69 Å². The Kier molecular flexibility index (Phi) is 6.00. The van der Waals surface area contributed by atoms with E-state index in [2.05, 4.69) is 59.7 Å². The zero-order valence-corrected chi connectivity index (χ0v) is 16.1. The van der Waals surface area contributed by atoms with Crippen molar-refractivity contribution in [3.63, 3.8) is 0 Å². The molecule has 0 bridgehead atoms. The lowest BCUT2D eigenvalue weighted by atomic mass is 10.1. The second-order valence-electron chi connectivity index (χ2n) is 7.91. The van der Waals surface area contributed by atoms with Crippen LogP contribution in [0.15, 0.2) is 24.3 Å². The van der Waals surface area contributed by atoms with Gasteiger partial charge in [-0.2, -0.15) is 0 Å². The molecule has 0 unspecified atom stereocenters. The molecule has 1 amide bonds. The van der Waals surface area contributed by atoms with Gasteiger partial charge in [-0.1, -0.05) is 25.0 Å². The van der Waals surface area contributed by atoms with Crippen LogP contribution in [0.1, 0.15) is 45.1 Å². The van der Waals surface area contributed by atoms with E-state index in [9.17, 15) is 4.79 Å². The van der Waals surface area contributed by atoms with E-state index in [-0.39, 0.29) is 0 Å².